The summed E-state index contributed by atoms with van der Waals surface area (Å²) in [5.41, 5.74) is 1.58. The molecule has 3 unspecified atom stereocenters. The summed E-state index contributed by atoms with van der Waals surface area (Å²) in [6.07, 6.45) is 4.28. The number of thiophene rings is 1. The van der Waals surface area contributed by atoms with Gasteiger partial charge in [-0.25, -0.2) is 4.79 Å². The highest BCUT2D eigenvalue weighted by atomic mass is 32.1. The predicted octanol–water partition coefficient (Wildman–Crippen LogP) is 3.37. The fraction of sp³-hybridized carbons (Fsp3) is 0.435. The number of esters is 1. The van der Waals surface area contributed by atoms with Crippen LogP contribution in [0.5, 0.6) is 0 Å². The fourth-order valence-corrected chi connectivity index (χ4v) is 7.48. The SMILES string of the molecule is COC(=O)C12CC3Cn4c(nnc4C4(c5cccs5)CCC4)C(c4ccccc41)N32. The number of fused-ring (bicyclic) bond motifs is 5. The number of aromatic nitrogens is 3. The van der Waals surface area contributed by atoms with Crippen LogP contribution in [0.4, 0.5) is 0 Å². The van der Waals surface area contributed by atoms with Gasteiger partial charge in [-0.1, -0.05) is 36.8 Å². The summed E-state index contributed by atoms with van der Waals surface area (Å²) in [6, 6.07) is 12.9. The van der Waals surface area contributed by atoms with Gasteiger partial charge in [0, 0.05) is 17.5 Å². The fourth-order valence-electron chi connectivity index (χ4n) is 6.49. The number of methoxy groups -OCH3 is 1. The zero-order valence-corrected chi connectivity index (χ0v) is 17.6. The topological polar surface area (TPSA) is 60.3 Å². The van der Waals surface area contributed by atoms with E-state index in [4.69, 9.17) is 14.9 Å². The molecule has 6 nitrogen and oxygen atoms in total. The lowest BCUT2D eigenvalue weighted by atomic mass is 9.67. The second-order valence-electron chi connectivity index (χ2n) is 9.01. The third-order valence-corrected chi connectivity index (χ3v) is 8.99. The largest absolute Gasteiger partial charge is 0.467 e. The van der Waals surface area contributed by atoms with E-state index in [1.54, 1.807) is 0 Å². The normalized spacial score (nSPS) is 29.9. The molecule has 0 N–H and O–H groups in total. The Bertz CT molecular complexity index is 1180. The van der Waals surface area contributed by atoms with Gasteiger partial charge in [0.2, 0.25) is 0 Å². The Balaban J connectivity index is 1.41. The second-order valence-corrected chi connectivity index (χ2v) is 9.96. The monoisotopic (exact) mass is 418 g/mol. The number of nitrogens with zero attached hydrogens (tertiary/aromatic N) is 4. The van der Waals surface area contributed by atoms with E-state index in [-0.39, 0.29) is 17.4 Å². The van der Waals surface area contributed by atoms with Crippen LogP contribution >= 0.6 is 11.3 Å². The van der Waals surface area contributed by atoms with Crippen molar-refractivity contribution >= 4 is 17.3 Å². The molecule has 3 atom stereocenters. The van der Waals surface area contributed by atoms with E-state index in [1.165, 1.54) is 24.0 Å². The Morgan fingerprint density at radius 3 is 2.80 bits per heavy atom. The van der Waals surface area contributed by atoms with Crippen molar-refractivity contribution in [3.8, 4) is 0 Å². The first-order valence-electron chi connectivity index (χ1n) is 10.6. The summed E-state index contributed by atoms with van der Waals surface area (Å²) >= 11 is 1.83. The van der Waals surface area contributed by atoms with Crippen molar-refractivity contribution in [3.63, 3.8) is 0 Å². The molecular formula is C23H22N4O2S. The van der Waals surface area contributed by atoms with Gasteiger partial charge in [0.05, 0.1) is 18.6 Å². The molecule has 2 fully saturated rings. The maximum Gasteiger partial charge on any atom is 0.331 e. The third kappa shape index (κ3) is 1.75. The van der Waals surface area contributed by atoms with Crippen molar-refractivity contribution in [1.82, 2.24) is 19.7 Å². The highest BCUT2D eigenvalue weighted by molar-refractivity contribution is 7.10. The maximum atomic E-state index is 13.0. The standard InChI is InChI=1S/C23H22N4O2S/c1-29-21(28)23-12-14-13-26-19(18(27(14)23)15-6-2-3-7-16(15)23)24-25-20(26)22(9-5-10-22)17-8-4-11-30-17/h2-4,6-8,11,14,18H,5,9-10,12-13H2,1H3. The van der Waals surface area contributed by atoms with Gasteiger partial charge >= 0.3 is 5.97 Å². The first-order valence-corrected chi connectivity index (χ1v) is 11.5. The summed E-state index contributed by atoms with van der Waals surface area (Å²) in [6.45, 7) is 0.841. The van der Waals surface area contributed by atoms with Crippen LogP contribution < -0.4 is 0 Å². The Morgan fingerprint density at radius 2 is 2.07 bits per heavy atom. The van der Waals surface area contributed by atoms with Crippen molar-refractivity contribution in [2.24, 2.45) is 0 Å². The number of hydrogen-bond donors (Lipinski definition) is 0. The number of hydrogen-bond acceptors (Lipinski definition) is 6. The molecule has 5 heterocycles. The molecule has 4 aliphatic rings. The van der Waals surface area contributed by atoms with Crippen LogP contribution in [0.2, 0.25) is 0 Å². The molecule has 1 saturated heterocycles. The Kier molecular flexibility index (Phi) is 3.20. The third-order valence-electron chi connectivity index (χ3n) is 7.91. The molecular weight excluding hydrogens is 396 g/mol. The zero-order valence-electron chi connectivity index (χ0n) is 16.7. The van der Waals surface area contributed by atoms with Gasteiger partial charge in [-0.05, 0) is 41.8 Å². The van der Waals surface area contributed by atoms with Crippen LogP contribution in [-0.4, -0.2) is 38.8 Å². The summed E-state index contributed by atoms with van der Waals surface area (Å²) in [4.78, 5) is 16.7. The molecule has 0 amide bonds. The Morgan fingerprint density at radius 1 is 1.20 bits per heavy atom. The van der Waals surface area contributed by atoms with Gasteiger partial charge in [0.15, 0.2) is 5.82 Å². The van der Waals surface area contributed by atoms with E-state index in [2.05, 4.69) is 45.2 Å². The molecule has 0 bridgehead atoms. The van der Waals surface area contributed by atoms with Gasteiger partial charge in [-0.2, -0.15) is 0 Å². The molecule has 0 spiro atoms. The smallest absolute Gasteiger partial charge is 0.331 e. The van der Waals surface area contributed by atoms with Crippen molar-refractivity contribution in [2.45, 2.75) is 55.3 Å². The molecule has 2 aromatic heterocycles. The van der Waals surface area contributed by atoms with Gasteiger partial charge in [0.25, 0.3) is 0 Å². The first-order chi connectivity index (χ1) is 14.7. The van der Waals surface area contributed by atoms with E-state index in [0.717, 1.165) is 43.0 Å². The van der Waals surface area contributed by atoms with Crippen LogP contribution in [0, 0.1) is 0 Å². The van der Waals surface area contributed by atoms with Gasteiger partial charge < -0.3 is 9.30 Å². The lowest BCUT2D eigenvalue weighted by Crippen LogP contribution is -2.68. The van der Waals surface area contributed by atoms with Crippen LogP contribution in [0.25, 0.3) is 0 Å². The number of carbonyl (C=O) groups excluding carboxylic acids is 1. The van der Waals surface area contributed by atoms with Crippen LogP contribution in [0.15, 0.2) is 41.8 Å². The van der Waals surface area contributed by atoms with Crippen LogP contribution in [0.1, 0.15) is 59.4 Å². The van der Waals surface area contributed by atoms with Crippen molar-refractivity contribution in [2.75, 3.05) is 7.11 Å². The van der Waals surface area contributed by atoms with Crippen molar-refractivity contribution in [3.05, 3.63) is 69.4 Å². The quantitative estimate of drug-likeness (QED) is 0.611. The molecule has 0 radical (unpaired) electrons. The Hall–Kier alpha value is -2.51. The molecule has 3 aromatic rings. The molecule has 7 heteroatoms. The Labute approximate surface area is 178 Å². The second kappa shape index (κ2) is 5.59. The first kappa shape index (κ1) is 17.2. The average Bonchev–Trinajstić information content (AvgIpc) is 3.43. The molecule has 7 rings (SSSR count). The van der Waals surface area contributed by atoms with Crippen LogP contribution in [0.3, 0.4) is 0 Å². The van der Waals surface area contributed by atoms with Crippen LogP contribution in [-0.2, 0) is 27.0 Å². The van der Waals surface area contributed by atoms with Crippen molar-refractivity contribution in [1.29, 1.82) is 0 Å². The van der Waals surface area contributed by atoms with E-state index in [0.29, 0.717) is 6.04 Å². The molecule has 1 aromatic carbocycles. The summed E-state index contributed by atoms with van der Waals surface area (Å²) in [5.74, 6) is 1.93. The minimum Gasteiger partial charge on any atom is -0.467 e. The van der Waals surface area contributed by atoms with Gasteiger partial charge in [0.1, 0.15) is 11.4 Å². The highest BCUT2D eigenvalue weighted by Gasteiger charge is 2.69. The van der Waals surface area contributed by atoms with Gasteiger partial charge in [-0.15, -0.1) is 21.5 Å². The van der Waals surface area contributed by atoms with E-state index in [1.807, 2.05) is 17.4 Å². The predicted molar refractivity (Wildman–Crippen MR) is 111 cm³/mol. The lowest BCUT2D eigenvalue weighted by Gasteiger charge is -2.56. The molecule has 30 heavy (non-hydrogen) atoms. The van der Waals surface area contributed by atoms with Gasteiger partial charge in [-0.3, -0.25) is 4.90 Å². The summed E-state index contributed by atoms with van der Waals surface area (Å²) in [5, 5.41) is 11.7. The molecule has 3 aliphatic heterocycles. The molecule has 152 valence electrons. The highest BCUT2D eigenvalue weighted by Crippen LogP contribution is 2.62. The number of ether oxygens (including phenoxy) is 1. The average molecular weight is 419 g/mol. The number of rotatable bonds is 3. The number of benzene rings is 1. The minimum atomic E-state index is -0.667. The summed E-state index contributed by atoms with van der Waals surface area (Å²) < 4.78 is 7.66. The van der Waals surface area contributed by atoms with E-state index < -0.39 is 5.54 Å². The van der Waals surface area contributed by atoms with E-state index >= 15 is 0 Å². The van der Waals surface area contributed by atoms with Crippen molar-refractivity contribution < 1.29 is 9.53 Å². The maximum absolute atomic E-state index is 13.0. The minimum absolute atomic E-state index is 0.00287. The van der Waals surface area contributed by atoms with E-state index in [9.17, 15) is 4.79 Å². The summed E-state index contributed by atoms with van der Waals surface area (Å²) in [7, 11) is 1.49. The lowest BCUT2D eigenvalue weighted by molar-refractivity contribution is -0.180. The molecule has 1 aliphatic carbocycles. The number of carbonyl (C=O) groups is 1. The zero-order chi connectivity index (χ0) is 20.1. The molecule has 1 saturated carbocycles.